The number of anilines is 2. The van der Waals surface area contributed by atoms with Crippen molar-refractivity contribution in [2.45, 2.75) is 19.4 Å². The monoisotopic (exact) mass is 257 g/mol. The van der Waals surface area contributed by atoms with Crippen molar-refractivity contribution < 1.29 is 5.11 Å². The minimum atomic E-state index is -0.245. The fourth-order valence-corrected chi connectivity index (χ4v) is 2.70. The Kier molecular flexibility index (Phi) is 3.03. The summed E-state index contributed by atoms with van der Waals surface area (Å²) in [5.41, 5.74) is 7.50. The second-order valence-corrected chi connectivity index (χ2v) is 5.36. The summed E-state index contributed by atoms with van der Waals surface area (Å²) >= 11 is 0. The predicted molar refractivity (Wildman–Crippen MR) is 78.2 cm³/mol. The second kappa shape index (κ2) is 4.70. The van der Waals surface area contributed by atoms with Crippen LogP contribution in [0.5, 0.6) is 0 Å². The smallest absolute Gasteiger partial charge is 0.129 e. The molecule has 1 saturated heterocycles. The van der Waals surface area contributed by atoms with E-state index >= 15 is 0 Å². The van der Waals surface area contributed by atoms with E-state index in [-0.39, 0.29) is 6.10 Å². The summed E-state index contributed by atoms with van der Waals surface area (Å²) in [6.07, 6.45) is 0.782. The molecule has 1 aliphatic heterocycles. The third kappa shape index (κ3) is 2.36. The Morgan fingerprint density at radius 2 is 2.21 bits per heavy atom. The summed E-state index contributed by atoms with van der Waals surface area (Å²) in [5, 5.41) is 10.7. The quantitative estimate of drug-likeness (QED) is 0.808. The van der Waals surface area contributed by atoms with Gasteiger partial charge in [0.25, 0.3) is 0 Å². The Hall–Kier alpha value is -1.81. The zero-order valence-corrected chi connectivity index (χ0v) is 11.1. The molecule has 4 nitrogen and oxygen atoms in total. The molecule has 1 aliphatic rings. The molecule has 0 spiro atoms. The lowest BCUT2D eigenvalue weighted by molar-refractivity contribution is 0.136. The van der Waals surface area contributed by atoms with Crippen LogP contribution >= 0.6 is 0 Å². The van der Waals surface area contributed by atoms with Crippen LogP contribution in [0.4, 0.5) is 11.5 Å². The molecular weight excluding hydrogens is 238 g/mol. The standard InChI is InChI=1S/C15H19N3O/c1-10(19)12-6-7-18(9-12)15-5-2-11-8-13(16)3-4-14(11)17-15/h2-5,8,10,12,19H,6-7,9,16H2,1H3. The third-order valence-electron chi connectivity index (χ3n) is 3.93. The average molecular weight is 257 g/mol. The molecular formula is C15H19N3O. The van der Waals surface area contributed by atoms with Gasteiger partial charge in [-0.05, 0) is 43.7 Å². The number of fused-ring (bicyclic) bond motifs is 1. The van der Waals surface area contributed by atoms with Gasteiger partial charge in [0.05, 0.1) is 11.6 Å². The van der Waals surface area contributed by atoms with E-state index in [0.717, 1.165) is 41.9 Å². The van der Waals surface area contributed by atoms with E-state index in [4.69, 9.17) is 5.73 Å². The lowest BCUT2D eigenvalue weighted by Gasteiger charge is -2.19. The highest BCUT2D eigenvalue weighted by Crippen LogP contribution is 2.26. The van der Waals surface area contributed by atoms with Crippen LogP contribution in [-0.4, -0.2) is 29.3 Å². The Labute approximate surface area is 112 Å². The molecule has 1 fully saturated rings. The minimum Gasteiger partial charge on any atom is -0.399 e. The fourth-order valence-electron chi connectivity index (χ4n) is 2.70. The van der Waals surface area contributed by atoms with Gasteiger partial charge in [-0.3, -0.25) is 0 Å². The molecule has 0 saturated carbocycles. The number of aliphatic hydroxyl groups excluding tert-OH is 1. The second-order valence-electron chi connectivity index (χ2n) is 5.36. The molecule has 4 heteroatoms. The molecule has 2 aromatic rings. The molecule has 3 N–H and O–H groups in total. The number of rotatable bonds is 2. The van der Waals surface area contributed by atoms with Crippen molar-refractivity contribution in [3.8, 4) is 0 Å². The summed E-state index contributed by atoms with van der Waals surface area (Å²) in [6.45, 7) is 3.71. The topological polar surface area (TPSA) is 62.4 Å². The van der Waals surface area contributed by atoms with Crippen molar-refractivity contribution in [1.29, 1.82) is 0 Å². The molecule has 3 rings (SSSR count). The number of nitrogens with two attached hydrogens (primary N) is 1. The van der Waals surface area contributed by atoms with E-state index in [1.54, 1.807) is 0 Å². The van der Waals surface area contributed by atoms with E-state index in [2.05, 4.69) is 16.0 Å². The van der Waals surface area contributed by atoms with Crippen LogP contribution in [-0.2, 0) is 0 Å². The van der Waals surface area contributed by atoms with Gasteiger partial charge < -0.3 is 15.7 Å². The summed E-state index contributed by atoms with van der Waals surface area (Å²) in [5.74, 6) is 1.34. The third-order valence-corrected chi connectivity index (χ3v) is 3.93. The van der Waals surface area contributed by atoms with Crippen LogP contribution in [0, 0.1) is 5.92 Å². The molecule has 0 bridgehead atoms. The first-order valence-electron chi connectivity index (χ1n) is 6.73. The van der Waals surface area contributed by atoms with Gasteiger partial charge in [-0.1, -0.05) is 0 Å². The molecule has 2 unspecified atom stereocenters. The van der Waals surface area contributed by atoms with Crippen LogP contribution in [0.25, 0.3) is 10.9 Å². The van der Waals surface area contributed by atoms with E-state index in [1.165, 1.54) is 0 Å². The van der Waals surface area contributed by atoms with E-state index in [9.17, 15) is 5.11 Å². The lowest BCUT2D eigenvalue weighted by Crippen LogP contribution is -2.24. The van der Waals surface area contributed by atoms with Crippen LogP contribution < -0.4 is 10.6 Å². The number of pyridine rings is 1. The summed E-state index contributed by atoms with van der Waals surface area (Å²) in [7, 11) is 0. The van der Waals surface area contributed by atoms with Crippen LogP contribution in [0.15, 0.2) is 30.3 Å². The maximum absolute atomic E-state index is 9.66. The van der Waals surface area contributed by atoms with E-state index in [0.29, 0.717) is 5.92 Å². The number of nitrogens with zero attached hydrogens (tertiary/aromatic N) is 2. The largest absolute Gasteiger partial charge is 0.399 e. The normalized spacial score (nSPS) is 20.9. The SMILES string of the molecule is CC(O)C1CCN(c2ccc3cc(N)ccc3n2)C1. The Morgan fingerprint density at radius 3 is 2.95 bits per heavy atom. The highest BCUT2D eigenvalue weighted by Gasteiger charge is 2.26. The van der Waals surface area contributed by atoms with Gasteiger partial charge in [0, 0.05) is 30.1 Å². The van der Waals surface area contributed by atoms with Gasteiger partial charge in [-0.2, -0.15) is 0 Å². The molecule has 2 atom stereocenters. The highest BCUT2D eigenvalue weighted by atomic mass is 16.3. The molecule has 0 radical (unpaired) electrons. The Balaban J connectivity index is 1.88. The highest BCUT2D eigenvalue weighted by molar-refractivity contribution is 5.83. The maximum atomic E-state index is 9.66. The first kappa shape index (κ1) is 12.2. The van der Waals surface area contributed by atoms with Crippen LogP contribution in [0.2, 0.25) is 0 Å². The van der Waals surface area contributed by atoms with Crippen molar-refractivity contribution in [3.63, 3.8) is 0 Å². The van der Waals surface area contributed by atoms with E-state index in [1.807, 2.05) is 31.2 Å². The van der Waals surface area contributed by atoms with Crippen molar-refractivity contribution in [3.05, 3.63) is 30.3 Å². The van der Waals surface area contributed by atoms with Crippen molar-refractivity contribution in [1.82, 2.24) is 4.98 Å². The van der Waals surface area contributed by atoms with Crippen molar-refractivity contribution in [2.75, 3.05) is 23.7 Å². The van der Waals surface area contributed by atoms with Gasteiger partial charge in [-0.25, -0.2) is 4.98 Å². The number of aliphatic hydroxyl groups is 1. The maximum Gasteiger partial charge on any atom is 0.129 e. The fraction of sp³-hybridized carbons (Fsp3) is 0.400. The molecule has 1 aromatic heterocycles. The summed E-state index contributed by atoms with van der Waals surface area (Å²) in [6, 6.07) is 9.86. The summed E-state index contributed by atoms with van der Waals surface area (Å²) in [4.78, 5) is 6.92. The predicted octanol–water partition coefficient (Wildman–Crippen LogP) is 2.02. The molecule has 100 valence electrons. The van der Waals surface area contributed by atoms with Gasteiger partial charge >= 0.3 is 0 Å². The Morgan fingerprint density at radius 1 is 1.37 bits per heavy atom. The minimum absolute atomic E-state index is 0.245. The van der Waals surface area contributed by atoms with Gasteiger partial charge in [0.2, 0.25) is 0 Å². The van der Waals surface area contributed by atoms with Gasteiger partial charge in [-0.15, -0.1) is 0 Å². The average Bonchev–Trinajstić information content (AvgIpc) is 2.88. The lowest BCUT2D eigenvalue weighted by atomic mass is 10.0. The molecule has 1 aromatic carbocycles. The molecule has 19 heavy (non-hydrogen) atoms. The van der Waals surface area contributed by atoms with E-state index < -0.39 is 0 Å². The number of nitrogen functional groups attached to an aromatic ring is 1. The first-order valence-corrected chi connectivity index (χ1v) is 6.73. The van der Waals surface area contributed by atoms with Crippen LogP contribution in [0.3, 0.4) is 0 Å². The zero-order chi connectivity index (χ0) is 13.4. The van der Waals surface area contributed by atoms with Crippen LogP contribution in [0.1, 0.15) is 13.3 Å². The first-order chi connectivity index (χ1) is 9.13. The van der Waals surface area contributed by atoms with Crippen molar-refractivity contribution >= 4 is 22.4 Å². The molecule has 2 heterocycles. The molecule has 0 aliphatic carbocycles. The summed E-state index contributed by atoms with van der Waals surface area (Å²) < 4.78 is 0. The van der Waals surface area contributed by atoms with Crippen molar-refractivity contribution in [2.24, 2.45) is 5.92 Å². The number of hydrogen-bond acceptors (Lipinski definition) is 4. The van der Waals surface area contributed by atoms with Gasteiger partial charge in [0.1, 0.15) is 5.82 Å². The zero-order valence-electron chi connectivity index (χ0n) is 11.1. The van der Waals surface area contributed by atoms with Gasteiger partial charge in [0.15, 0.2) is 0 Å². The molecule has 0 amide bonds. The Bertz CT molecular complexity index is 597. The number of benzene rings is 1. The number of hydrogen-bond donors (Lipinski definition) is 2. The number of aromatic nitrogens is 1.